The first-order valence-electron chi connectivity index (χ1n) is 9.79. The van der Waals surface area contributed by atoms with Crippen LogP contribution in [0.2, 0.25) is 0 Å². The number of benzene rings is 1. The quantitative estimate of drug-likeness (QED) is 0.821. The van der Waals surface area contributed by atoms with E-state index in [0.717, 1.165) is 38.4 Å². The Balaban J connectivity index is 1.46. The van der Waals surface area contributed by atoms with Gasteiger partial charge in [-0.05, 0) is 41.8 Å². The maximum atomic E-state index is 14.1. The minimum atomic E-state index is -0.141. The average molecular weight is 358 g/mol. The minimum Gasteiger partial charge on any atom is -0.367 e. The van der Waals surface area contributed by atoms with E-state index in [4.69, 9.17) is 0 Å². The largest absolute Gasteiger partial charge is 0.367 e. The van der Waals surface area contributed by atoms with Gasteiger partial charge in [0.15, 0.2) is 5.82 Å². The van der Waals surface area contributed by atoms with E-state index in [1.807, 2.05) is 12.1 Å². The molecule has 6 nitrogen and oxygen atoms in total. The summed E-state index contributed by atoms with van der Waals surface area (Å²) in [6.07, 6.45) is 5.86. The number of aromatic nitrogens is 4. The van der Waals surface area contributed by atoms with Crippen LogP contribution in [-0.4, -0.2) is 51.3 Å². The van der Waals surface area contributed by atoms with Gasteiger partial charge in [0.05, 0.1) is 17.8 Å². The molecule has 0 amide bonds. The molecule has 1 saturated heterocycles. The summed E-state index contributed by atoms with van der Waals surface area (Å²) in [5.41, 5.74) is 0.705. The highest BCUT2D eigenvalue weighted by atomic mass is 19.1. The highest BCUT2D eigenvalue weighted by Crippen LogP contribution is 2.33. The van der Waals surface area contributed by atoms with Crippen LogP contribution in [0.3, 0.4) is 0 Å². The van der Waals surface area contributed by atoms with E-state index in [1.165, 1.54) is 31.7 Å². The Bertz CT molecular complexity index is 718. The number of hydrogen-bond acceptors (Lipinski definition) is 5. The molecule has 0 bridgehead atoms. The summed E-state index contributed by atoms with van der Waals surface area (Å²) in [4.78, 5) is 4.59. The number of halogens is 1. The second-order valence-electron chi connectivity index (χ2n) is 7.32. The Kier molecular flexibility index (Phi) is 5.15. The topological polar surface area (TPSA) is 50.1 Å². The zero-order chi connectivity index (χ0) is 17.9. The number of anilines is 1. The third-order valence-corrected chi connectivity index (χ3v) is 5.82. The van der Waals surface area contributed by atoms with Crippen LogP contribution in [0.5, 0.6) is 0 Å². The molecule has 1 saturated carbocycles. The van der Waals surface area contributed by atoms with Crippen LogP contribution in [0.15, 0.2) is 24.3 Å². The van der Waals surface area contributed by atoms with Crippen molar-refractivity contribution in [1.29, 1.82) is 0 Å². The summed E-state index contributed by atoms with van der Waals surface area (Å²) >= 11 is 0. The van der Waals surface area contributed by atoms with E-state index in [9.17, 15) is 4.39 Å². The normalized spacial score (nSPS) is 20.6. The Morgan fingerprint density at radius 1 is 1.12 bits per heavy atom. The Hall–Kier alpha value is -2.02. The van der Waals surface area contributed by atoms with Crippen LogP contribution >= 0.6 is 0 Å². The van der Waals surface area contributed by atoms with Crippen molar-refractivity contribution < 1.29 is 4.39 Å². The summed E-state index contributed by atoms with van der Waals surface area (Å²) in [5.74, 6) is 0.858. The molecule has 26 heavy (non-hydrogen) atoms. The molecule has 4 rings (SSSR count). The van der Waals surface area contributed by atoms with Crippen molar-refractivity contribution in [2.75, 3.05) is 31.1 Å². The van der Waals surface area contributed by atoms with Gasteiger partial charge in [-0.3, -0.25) is 4.90 Å². The Labute approximate surface area is 154 Å². The maximum Gasteiger partial charge on any atom is 0.168 e. The van der Waals surface area contributed by atoms with Crippen molar-refractivity contribution in [3.63, 3.8) is 0 Å². The van der Waals surface area contributed by atoms with Crippen molar-refractivity contribution in [1.82, 2.24) is 25.1 Å². The van der Waals surface area contributed by atoms with Gasteiger partial charge in [0.2, 0.25) is 0 Å². The highest BCUT2D eigenvalue weighted by Gasteiger charge is 2.31. The lowest BCUT2D eigenvalue weighted by molar-refractivity contribution is 0.166. The smallest absolute Gasteiger partial charge is 0.168 e. The summed E-state index contributed by atoms with van der Waals surface area (Å²) < 4.78 is 16.1. The highest BCUT2D eigenvalue weighted by molar-refractivity contribution is 5.48. The van der Waals surface area contributed by atoms with Crippen LogP contribution in [-0.2, 0) is 0 Å². The molecule has 2 aliphatic rings. The molecule has 140 valence electrons. The number of para-hydroxylation sites is 1. The molecule has 1 aliphatic carbocycles. The van der Waals surface area contributed by atoms with Crippen LogP contribution in [0.4, 0.5) is 10.1 Å². The van der Waals surface area contributed by atoms with Crippen molar-refractivity contribution in [3.8, 4) is 0 Å². The molecule has 2 fully saturated rings. The predicted molar refractivity (Wildman–Crippen MR) is 98.5 cm³/mol. The van der Waals surface area contributed by atoms with Crippen LogP contribution in [0.25, 0.3) is 0 Å². The average Bonchev–Trinajstić information content (AvgIpc) is 3.35. The first kappa shape index (κ1) is 17.4. The summed E-state index contributed by atoms with van der Waals surface area (Å²) in [6.45, 7) is 5.63. The lowest BCUT2D eigenvalue weighted by Gasteiger charge is -2.39. The molecule has 7 heteroatoms. The van der Waals surface area contributed by atoms with E-state index < -0.39 is 0 Å². The van der Waals surface area contributed by atoms with E-state index >= 15 is 0 Å². The molecular formula is C19H27FN6. The van der Waals surface area contributed by atoms with E-state index in [2.05, 4.69) is 36.9 Å². The Morgan fingerprint density at radius 3 is 2.54 bits per heavy atom. The third-order valence-electron chi connectivity index (χ3n) is 5.82. The van der Waals surface area contributed by atoms with Crippen LogP contribution in [0, 0.1) is 5.82 Å². The molecule has 0 unspecified atom stereocenters. The van der Waals surface area contributed by atoms with Crippen molar-refractivity contribution in [3.05, 3.63) is 35.9 Å². The lowest BCUT2D eigenvalue weighted by Crippen LogP contribution is -2.48. The van der Waals surface area contributed by atoms with Gasteiger partial charge in [0.25, 0.3) is 0 Å². The summed E-state index contributed by atoms with van der Waals surface area (Å²) in [7, 11) is 0. The van der Waals surface area contributed by atoms with Gasteiger partial charge in [0.1, 0.15) is 5.82 Å². The van der Waals surface area contributed by atoms with E-state index in [0.29, 0.717) is 11.7 Å². The van der Waals surface area contributed by atoms with Crippen LogP contribution in [0.1, 0.15) is 56.9 Å². The molecule has 0 spiro atoms. The number of nitrogens with zero attached hydrogens (tertiary/aromatic N) is 6. The predicted octanol–water partition coefficient (Wildman–Crippen LogP) is 3.20. The maximum absolute atomic E-state index is 14.1. The van der Waals surface area contributed by atoms with Gasteiger partial charge in [-0.15, -0.1) is 5.10 Å². The molecule has 1 aromatic carbocycles. The van der Waals surface area contributed by atoms with Crippen molar-refractivity contribution in [2.45, 2.75) is 51.1 Å². The standard InChI is InChI=1S/C19H27FN6/c1-2-17(19-21-22-23-26(19)15-7-3-4-8-15)24-11-13-25(14-12-24)18-10-6-5-9-16(18)20/h5-6,9-10,15,17H,2-4,7-8,11-14H2,1H3/t17-/m0/s1. The van der Waals surface area contributed by atoms with Gasteiger partial charge in [-0.25, -0.2) is 9.07 Å². The van der Waals surface area contributed by atoms with E-state index in [1.54, 1.807) is 6.07 Å². The number of hydrogen-bond donors (Lipinski definition) is 0. The van der Waals surface area contributed by atoms with E-state index in [-0.39, 0.29) is 11.9 Å². The second-order valence-corrected chi connectivity index (χ2v) is 7.32. The molecule has 0 N–H and O–H groups in total. The van der Waals surface area contributed by atoms with Gasteiger partial charge in [-0.2, -0.15) is 0 Å². The first-order chi connectivity index (χ1) is 12.8. The number of tetrazole rings is 1. The molecule has 1 aliphatic heterocycles. The second kappa shape index (κ2) is 7.70. The van der Waals surface area contributed by atoms with Gasteiger partial charge in [-0.1, -0.05) is 31.9 Å². The SMILES string of the molecule is CC[C@@H](c1nnnn1C1CCCC1)N1CCN(c2ccccc2F)CC1. The monoisotopic (exact) mass is 358 g/mol. The summed E-state index contributed by atoms with van der Waals surface area (Å²) in [6, 6.07) is 7.72. The zero-order valence-electron chi connectivity index (χ0n) is 15.4. The molecule has 1 aromatic heterocycles. The minimum absolute atomic E-state index is 0.141. The zero-order valence-corrected chi connectivity index (χ0v) is 15.4. The molecule has 0 radical (unpaired) electrons. The third kappa shape index (κ3) is 3.32. The Morgan fingerprint density at radius 2 is 1.85 bits per heavy atom. The fraction of sp³-hybridized carbons (Fsp3) is 0.632. The van der Waals surface area contributed by atoms with Crippen molar-refractivity contribution in [2.24, 2.45) is 0 Å². The first-order valence-corrected chi connectivity index (χ1v) is 9.79. The molecular weight excluding hydrogens is 331 g/mol. The number of piperazine rings is 1. The van der Waals surface area contributed by atoms with Gasteiger partial charge < -0.3 is 4.90 Å². The number of rotatable bonds is 5. The fourth-order valence-corrected chi connectivity index (χ4v) is 4.42. The van der Waals surface area contributed by atoms with Crippen molar-refractivity contribution >= 4 is 5.69 Å². The fourth-order valence-electron chi connectivity index (χ4n) is 4.42. The summed E-state index contributed by atoms with van der Waals surface area (Å²) in [5, 5.41) is 12.7. The lowest BCUT2D eigenvalue weighted by atomic mass is 10.1. The van der Waals surface area contributed by atoms with Gasteiger partial charge >= 0.3 is 0 Å². The van der Waals surface area contributed by atoms with Gasteiger partial charge in [0, 0.05) is 26.2 Å². The molecule has 1 atom stereocenters. The molecule has 2 heterocycles. The molecule has 2 aromatic rings. The van der Waals surface area contributed by atoms with Crippen LogP contribution < -0.4 is 4.90 Å².